The Labute approximate surface area is 110 Å². The summed E-state index contributed by atoms with van der Waals surface area (Å²) < 4.78 is 10.7. The average molecular weight is 262 g/mol. The highest BCUT2D eigenvalue weighted by molar-refractivity contribution is 7.15. The fourth-order valence-electron chi connectivity index (χ4n) is 1.79. The summed E-state index contributed by atoms with van der Waals surface area (Å²) in [5, 5.41) is 4.22. The largest absolute Gasteiger partial charge is 0.454 e. The summed E-state index contributed by atoms with van der Waals surface area (Å²) in [6.07, 6.45) is 1.92. The number of hydrogen-bond donors (Lipinski definition) is 1. The van der Waals surface area contributed by atoms with Crippen LogP contribution in [0, 0.1) is 0 Å². The molecule has 1 N–H and O–H groups in total. The van der Waals surface area contributed by atoms with E-state index in [1.165, 1.54) is 4.88 Å². The van der Waals surface area contributed by atoms with Gasteiger partial charge in [0.2, 0.25) is 6.79 Å². The van der Waals surface area contributed by atoms with E-state index >= 15 is 0 Å². The van der Waals surface area contributed by atoms with Crippen LogP contribution in [0.15, 0.2) is 24.4 Å². The Kier molecular flexibility index (Phi) is 2.93. The minimum Gasteiger partial charge on any atom is -0.454 e. The molecular weight excluding hydrogens is 248 g/mol. The summed E-state index contributed by atoms with van der Waals surface area (Å²) in [4.78, 5) is 5.69. The van der Waals surface area contributed by atoms with E-state index in [1.54, 1.807) is 11.3 Å². The van der Waals surface area contributed by atoms with Gasteiger partial charge in [0.25, 0.3) is 0 Å². The molecule has 0 radical (unpaired) electrons. The van der Waals surface area contributed by atoms with Gasteiger partial charge >= 0.3 is 0 Å². The number of thiazole rings is 1. The fourth-order valence-corrected chi connectivity index (χ4v) is 2.77. The monoisotopic (exact) mass is 262 g/mol. The molecule has 4 nitrogen and oxygen atoms in total. The lowest BCUT2D eigenvalue weighted by molar-refractivity contribution is 0.174. The molecule has 18 heavy (non-hydrogen) atoms. The van der Waals surface area contributed by atoms with Gasteiger partial charge in [0, 0.05) is 22.7 Å². The first-order valence-corrected chi connectivity index (χ1v) is 6.62. The molecule has 2 heterocycles. The highest BCUT2D eigenvalue weighted by Gasteiger charge is 2.16. The zero-order valence-electron chi connectivity index (χ0n) is 10.3. The number of rotatable bonds is 3. The molecule has 3 rings (SSSR count). The molecule has 0 bridgehead atoms. The number of aromatic nitrogens is 1. The summed E-state index contributed by atoms with van der Waals surface area (Å²) in [7, 11) is 1.95. The molecule has 1 aliphatic heterocycles. The van der Waals surface area contributed by atoms with Crippen molar-refractivity contribution >= 4 is 11.3 Å². The second kappa shape index (κ2) is 4.59. The first-order chi connectivity index (χ1) is 8.78. The standard InChI is InChI=1S/C13H14N2O2S/c1-8(14-2)12-6-15-13(18-12)9-3-4-10-11(5-9)17-7-16-10/h3-6,8,14H,7H2,1-2H3. The Hall–Kier alpha value is -1.59. The molecule has 1 unspecified atom stereocenters. The highest BCUT2D eigenvalue weighted by atomic mass is 32.1. The normalized spacial score (nSPS) is 14.8. The van der Waals surface area contributed by atoms with Crippen molar-refractivity contribution in [3.8, 4) is 22.1 Å². The fraction of sp³-hybridized carbons (Fsp3) is 0.308. The second-order valence-corrected chi connectivity index (χ2v) is 5.21. The van der Waals surface area contributed by atoms with Crippen LogP contribution in [0.25, 0.3) is 10.6 Å². The molecule has 0 spiro atoms. The molecule has 1 aliphatic rings. The minimum atomic E-state index is 0.304. The van der Waals surface area contributed by atoms with Crippen molar-refractivity contribution in [3.05, 3.63) is 29.3 Å². The van der Waals surface area contributed by atoms with Crippen molar-refractivity contribution in [2.75, 3.05) is 13.8 Å². The molecule has 0 fully saturated rings. The predicted octanol–water partition coefficient (Wildman–Crippen LogP) is 2.82. The van der Waals surface area contributed by atoms with Crippen molar-refractivity contribution in [2.24, 2.45) is 0 Å². The van der Waals surface area contributed by atoms with E-state index in [9.17, 15) is 0 Å². The summed E-state index contributed by atoms with van der Waals surface area (Å²) in [6.45, 7) is 2.43. The second-order valence-electron chi connectivity index (χ2n) is 4.15. The molecule has 0 saturated carbocycles. The van der Waals surface area contributed by atoms with Crippen LogP contribution in [-0.2, 0) is 0 Å². The van der Waals surface area contributed by atoms with Gasteiger partial charge in [-0.1, -0.05) is 0 Å². The lowest BCUT2D eigenvalue weighted by Crippen LogP contribution is -2.10. The van der Waals surface area contributed by atoms with Crippen LogP contribution < -0.4 is 14.8 Å². The zero-order chi connectivity index (χ0) is 12.5. The zero-order valence-corrected chi connectivity index (χ0v) is 11.1. The topological polar surface area (TPSA) is 43.4 Å². The van der Waals surface area contributed by atoms with Crippen LogP contribution in [0.1, 0.15) is 17.8 Å². The van der Waals surface area contributed by atoms with Crippen molar-refractivity contribution in [1.29, 1.82) is 0 Å². The maximum absolute atomic E-state index is 5.38. The molecule has 5 heteroatoms. The van der Waals surface area contributed by atoms with Crippen molar-refractivity contribution in [3.63, 3.8) is 0 Å². The van der Waals surface area contributed by atoms with E-state index in [2.05, 4.69) is 17.2 Å². The van der Waals surface area contributed by atoms with Gasteiger partial charge in [-0.2, -0.15) is 0 Å². The molecule has 1 aromatic heterocycles. The first-order valence-electron chi connectivity index (χ1n) is 5.81. The van der Waals surface area contributed by atoms with Crippen LogP contribution in [0.5, 0.6) is 11.5 Å². The number of fused-ring (bicyclic) bond motifs is 1. The van der Waals surface area contributed by atoms with E-state index in [0.29, 0.717) is 12.8 Å². The number of nitrogens with zero attached hydrogens (tertiary/aromatic N) is 1. The Morgan fingerprint density at radius 2 is 2.17 bits per heavy atom. The van der Waals surface area contributed by atoms with Gasteiger partial charge in [-0.25, -0.2) is 4.98 Å². The predicted molar refractivity (Wildman–Crippen MR) is 71.1 cm³/mol. The average Bonchev–Trinajstić information content (AvgIpc) is 3.05. The molecular formula is C13H14N2O2S. The molecule has 94 valence electrons. The number of hydrogen-bond acceptors (Lipinski definition) is 5. The SMILES string of the molecule is CNC(C)c1cnc(-c2ccc3c(c2)OCO3)s1. The third-order valence-corrected chi connectivity index (χ3v) is 4.23. The maximum Gasteiger partial charge on any atom is 0.231 e. The summed E-state index contributed by atoms with van der Waals surface area (Å²) in [5.41, 5.74) is 1.07. The van der Waals surface area contributed by atoms with E-state index in [1.807, 2.05) is 31.4 Å². The molecule has 1 aromatic carbocycles. The summed E-state index contributed by atoms with van der Waals surface area (Å²) >= 11 is 1.69. The number of ether oxygens (including phenoxy) is 2. The van der Waals surface area contributed by atoms with Crippen molar-refractivity contribution in [2.45, 2.75) is 13.0 Å². The smallest absolute Gasteiger partial charge is 0.231 e. The van der Waals surface area contributed by atoms with Crippen LogP contribution in [0.2, 0.25) is 0 Å². The van der Waals surface area contributed by atoms with Gasteiger partial charge in [0.05, 0.1) is 0 Å². The molecule has 1 atom stereocenters. The Bertz CT molecular complexity index is 568. The van der Waals surface area contributed by atoms with E-state index in [4.69, 9.17) is 9.47 Å². The number of benzene rings is 1. The van der Waals surface area contributed by atoms with Gasteiger partial charge in [0.15, 0.2) is 11.5 Å². The maximum atomic E-state index is 5.38. The molecule has 2 aromatic rings. The Balaban J connectivity index is 1.92. The number of nitrogens with one attached hydrogen (secondary N) is 1. The molecule has 0 aliphatic carbocycles. The van der Waals surface area contributed by atoms with Gasteiger partial charge in [0.1, 0.15) is 5.01 Å². The van der Waals surface area contributed by atoms with Crippen molar-refractivity contribution < 1.29 is 9.47 Å². The Morgan fingerprint density at radius 1 is 1.33 bits per heavy atom. The van der Waals surface area contributed by atoms with E-state index < -0.39 is 0 Å². The van der Waals surface area contributed by atoms with E-state index in [0.717, 1.165) is 22.1 Å². The molecule has 0 saturated heterocycles. The van der Waals surface area contributed by atoms with Gasteiger partial charge < -0.3 is 14.8 Å². The first kappa shape index (κ1) is 11.5. The summed E-state index contributed by atoms with van der Waals surface area (Å²) in [5.74, 6) is 1.60. The third kappa shape index (κ3) is 1.95. The Morgan fingerprint density at radius 3 is 3.00 bits per heavy atom. The van der Waals surface area contributed by atoms with Gasteiger partial charge in [-0.05, 0) is 32.2 Å². The third-order valence-electron chi connectivity index (χ3n) is 3.00. The highest BCUT2D eigenvalue weighted by Crippen LogP contribution is 2.37. The van der Waals surface area contributed by atoms with Gasteiger partial charge in [-0.15, -0.1) is 11.3 Å². The lowest BCUT2D eigenvalue weighted by Gasteiger charge is -2.04. The van der Waals surface area contributed by atoms with Gasteiger partial charge in [-0.3, -0.25) is 0 Å². The van der Waals surface area contributed by atoms with E-state index in [-0.39, 0.29) is 0 Å². The molecule has 0 amide bonds. The quantitative estimate of drug-likeness (QED) is 0.923. The lowest BCUT2D eigenvalue weighted by atomic mass is 10.2. The van der Waals surface area contributed by atoms with Crippen LogP contribution >= 0.6 is 11.3 Å². The van der Waals surface area contributed by atoms with Crippen LogP contribution in [0.4, 0.5) is 0 Å². The summed E-state index contributed by atoms with van der Waals surface area (Å²) in [6, 6.07) is 6.25. The van der Waals surface area contributed by atoms with Crippen LogP contribution in [0.3, 0.4) is 0 Å². The van der Waals surface area contributed by atoms with Crippen molar-refractivity contribution in [1.82, 2.24) is 10.3 Å². The minimum absolute atomic E-state index is 0.304. The van der Waals surface area contributed by atoms with Crippen LogP contribution in [-0.4, -0.2) is 18.8 Å².